The largest absolute Gasteiger partial charge is 0.393 e. The molecule has 0 aromatic rings. The van der Waals surface area contributed by atoms with Crippen LogP contribution in [-0.2, 0) is 0 Å². The van der Waals surface area contributed by atoms with Gasteiger partial charge in [0.15, 0.2) is 0 Å². The summed E-state index contributed by atoms with van der Waals surface area (Å²) >= 11 is 0. The summed E-state index contributed by atoms with van der Waals surface area (Å²) in [4.78, 5) is 0. The van der Waals surface area contributed by atoms with Gasteiger partial charge in [0.25, 0.3) is 0 Å². The van der Waals surface area contributed by atoms with E-state index >= 15 is 0 Å². The van der Waals surface area contributed by atoms with Crippen LogP contribution in [0.5, 0.6) is 0 Å². The Morgan fingerprint density at radius 3 is 2.40 bits per heavy atom. The summed E-state index contributed by atoms with van der Waals surface area (Å²) in [7, 11) is 2.15. The summed E-state index contributed by atoms with van der Waals surface area (Å²) in [5, 5.41) is 9.57. The zero-order valence-electron chi connectivity index (χ0n) is 7.17. The minimum atomic E-state index is -0.0371. The minimum Gasteiger partial charge on any atom is -0.393 e. The molecule has 1 aliphatic rings. The van der Waals surface area contributed by atoms with Gasteiger partial charge in [-0.05, 0) is 17.7 Å². The lowest BCUT2D eigenvalue weighted by molar-refractivity contribution is 0.127. The molecule has 1 N–H and O–H groups in total. The van der Waals surface area contributed by atoms with Crippen molar-refractivity contribution in [3.05, 3.63) is 0 Å². The molecule has 4 atom stereocenters. The Morgan fingerprint density at radius 1 is 1.60 bits per heavy atom. The van der Waals surface area contributed by atoms with E-state index in [0.29, 0.717) is 11.7 Å². The van der Waals surface area contributed by atoms with E-state index in [1.807, 2.05) is 0 Å². The first-order valence-electron chi connectivity index (χ1n) is 4.34. The fourth-order valence-corrected chi connectivity index (χ4v) is 2.17. The fourth-order valence-electron chi connectivity index (χ4n) is 2.17. The maximum absolute atomic E-state index is 9.57. The molecule has 1 saturated carbocycles. The number of aliphatic hydroxyl groups excluding tert-OH is 1. The van der Waals surface area contributed by atoms with Crippen LogP contribution in [0.25, 0.3) is 0 Å². The fraction of sp³-hybridized carbons (Fsp3) is 1.00. The Bertz CT molecular complexity index is 116. The Hall–Kier alpha value is 0.0249. The van der Waals surface area contributed by atoms with Crippen LogP contribution in [0.3, 0.4) is 0 Å². The van der Waals surface area contributed by atoms with E-state index < -0.39 is 0 Å². The maximum Gasteiger partial charge on any atom is 0.108 e. The van der Waals surface area contributed by atoms with Crippen molar-refractivity contribution < 1.29 is 5.11 Å². The highest BCUT2D eigenvalue weighted by Gasteiger charge is 2.35. The van der Waals surface area contributed by atoms with Crippen LogP contribution in [0.15, 0.2) is 0 Å². The minimum absolute atomic E-state index is 0.0371. The predicted octanol–water partition coefficient (Wildman–Crippen LogP) is 0.835. The highest BCUT2D eigenvalue weighted by Crippen LogP contribution is 2.39. The smallest absolute Gasteiger partial charge is 0.108 e. The molecule has 1 aliphatic carbocycles. The Balaban J connectivity index is 2.53. The van der Waals surface area contributed by atoms with E-state index in [1.54, 1.807) is 0 Å². The van der Waals surface area contributed by atoms with Crippen LogP contribution in [0.2, 0.25) is 5.82 Å². The van der Waals surface area contributed by atoms with Crippen molar-refractivity contribution in [1.29, 1.82) is 0 Å². The van der Waals surface area contributed by atoms with Crippen molar-refractivity contribution in [3.63, 3.8) is 0 Å². The molecule has 0 radical (unpaired) electrons. The third-order valence-electron chi connectivity index (χ3n) is 3.06. The molecule has 2 heteroatoms. The second-order valence-electron chi connectivity index (χ2n) is 3.73. The van der Waals surface area contributed by atoms with Crippen molar-refractivity contribution in [2.75, 3.05) is 0 Å². The molecule has 0 heterocycles. The van der Waals surface area contributed by atoms with Gasteiger partial charge in [-0.3, -0.25) is 0 Å². The van der Waals surface area contributed by atoms with Crippen molar-refractivity contribution in [2.24, 2.45) is 11.8 Å². The van der Waals surface area contributed by atoms with Crippen molar-refractivity contribution in [1.82, 2.24) is 0 Å². The SMILES string of the molecule is BC1CC(CC)C(C)C1O. The summed E-state index contributed by atoms with van der Waals surface area (Å²) in [6, 6.07) is 0. The van der Waals surface area contributed by atoms with Gasteiger partial charge in [0.1, 0.15) is 7.85 Å². The summed E-state index contributed by atoms with van der Waals surface area (Å²) in [5.74, 6) is 1.82. The molecular formula is C8H17BO. The highest BCUT2D eigenvalue weighted by atomic mass is 16.3. The van der Waals surface area contributed by atoms with Crippen molar-refractivity contribution in [3.8, 4) is 0 Å². The second kappa shape index (κ2) is 2.95. The first-order chi connectivity index (χ1) is 4.66. The third kappa shape index (κ3) is 1.22. The molecule has 0 aromatic heterocycles. The third-order valence-corrected chi connectivity index (χ3v) is 3.06. The van der Waals surface area contributed by atoms with E-state index in [1.165, 1.54) is 12.8 Å². The molecule has 1 nitrogen and oxygen atoms in total. The van der Waals surface area contributed by atoms with Gasteiger partial charge in [-0.1, -0.05) is 26.7 Å². The van der Waals surface area contributed by atoms with Crippen LogP contribution >= 0.6 is 0 Å². The molecule has 0 saturated heterocycles. The molecule has 10 heavy (non-hydrogen) atoms. The van der Waals surface area contributed by atoms with Crippen LogP contribution in [-0.4, -0.2) is 19.1 Å². The van der Waals surface area contributed by atoms with Gasteiger partial charge >= 0.3 is 0 Å². The summed E-state index contributed by atoms with van der Waals surface area (Å²) in [5.41, 5.74) is 0. The first kappa shape index (κ1) is 8.12. The summed E-state index contributed by atoms with van der Waals surface area (Å²) < 4.78 is 0. The second-order valence-corrected chi connectivity index (χ2v) is 3.73. The average Bonchev–Trinajstić information content (AvgIpc) is 2.17. The predicted molar refractivity (Wildman–Crippen MR) is 45.9 cm³/mol. The topological polar surface area (TPSA) is 20.2 Å². The molecule has 0 bridgehead atoms. The maximum atomic E-state index is 9.57. The molecule has 1 fully saturated rings. The van der Waals surface area contributed by atoms with Crippen LogP contribution in [0, 0.1) is 11.8 Å². The van der Waals surface area contributed by atoms with E-state index in [9.17, 15) is 5.11 Å². The van der Waals surface area contributed by atoms with Gasteiger partial charge in [-0.15, -0.1) is 0 Å². The Labute approximate surface area is 64.2 Å². The molecule has 0 aliphatic heterocycles. The van der Waals surface area contributed by atoms with Gasteiger partial charge < -0.3 is 5.11 Å². The van der Waals surface area contributed by atoms with Crippen LogP contribution in [0.1, 0.15) is 26.7 Å². The zero-order chi connectivity index (χ0) is 7.72. The summed E-state index contributed by atoms with van der Waals surface area (Å²) in [6.07, 6.45) is 2.41. The quantitative estimate of drug-likeness (QED) is 0.535. The van der Waals surface area contributed by atoms with E-state index in [0.717, 1.165) is 5.92 Å². The van der Waals surface area contributed by atoms with Crippen molar-refractivity contribution in [2.45, 2.75) is 38.6 Å². The number of rotatable bonds is 1. The Kier molecular flexibility index (Phi) is 2.40. The molecule has 0 spiro atoms. The molecule has 0 aromatic carbocycles. The number of aliphatic hydroxyl groups is 1. The lowest BCUT2D eigenvalue weighted by Crippen LogP contribution is -2.17. The van der Waals surface area contributed by atoms with Gasteiger partial charge in [0.05, 0.1) is 6.10 Å². The average molecular weight is 140 g/mol. The molecule has 58 valence electrons. The first-order valence-corrected chi connectivity index (χ1v) is 4.34. The molecule has 4 unspecified atom stereocenters. The standard InChI is InChI=1S/C8H17BO/c1-3-6-4-7(9)8(10)5(6)2/h5-8,10H,3-4,9H2,1-2H3. The molecular weight excluding hydrogens is 123 g/mol. The van der Waals surface area contributed by atoms with E-state index in [2.05, 4.69) is 21.7 Å². The van der Waals surface area contributed by atoms with Crippen LogP contribution < -0.4 is 0 Å². The highest BCUT2D eigenvalue weighted by molar-refractivity contribution is 6.12. The zero-order valence-corrected chi connectivity index (χ0v) is 7.17. The van der Waals surface area contributed by atoms with E-state index in [4.69, 9.17) is 0 Å². The van der Waals surface area contributed by atoms with Crippen molar-refractivity contribution >= 4 is 7.85 Å². The molecule has 0 amide bonds. The normalized spacial score (nSPS) is 47.9. The molecule has 1 rings (SSSR count). The lowest BCUT2D eigenvalue weighted by Gasteiger charge is -2.15. The summed E-state index contributed by atoms with van der Waals surface area (Å²) in [6.45, 7) is 4.38. The van der Waals surface area contributed by atoms with Gasteiger partial charge in [-0.2, -0.15) is 0 Å². The monoisotopic (exact) mass is 140 g/mol. The van der Waals surface area contributed by atoms with E-state index in [-0.39, 0.29) is 6.10 Å². The lowest BCUT2D eigenvalue weighted by atomic mass is 9.83. The van der Waals surface area contributed by atoms with Gasteiger partial charge in [0.2, 0.25) is 0 Å². The van der Waals surface area contributed by atoms with Gasteiger partial charge in [0, 0.05) is 0 Å². The number of hydrogen-bond acceptors (Lipinski definition) is 1. The number of hydrogen-bond donors (Lipinski definition) is 1. The van der Waals surface area contributed by atoms with Gasteiger partial charge in [-0.25, -0.2) is 0 Å². The Morgan fingerprint density at radius 2 is 2.20 bits per heavy atom. The van der Waals surface area contributed by atoms with Crippen LogP contribution in [0.4, 0.5) is 0 Å².